The molecule has 0 atom stereocenters. The lowest BCUT2D eigenvalue weighted by Gasteiger charge is -2.08. The first-order valence-electron chi connectivity index (χ1n) is 8.58. The van der Waals surface area contributed by atoms with Crippen molar-refractivity contribution in [3.05, 3.63) is 64.2 Å². The standard InChI is InChI=1S/C20H22ClN3O3/c1-3-10-27-18-9-8-17(21)11-16(18)13-23-24-20(26)19(25)22-12-15-6-4-14(2)5-7-15/h4-9,11,13H,3,10,12H2,1-2H3,(H,22,25)(H,24,26)/b23-13-. The smallest absolute Gasteiger partial charge is 0.329 e. The van der Waals surface area contributed by atoms with E-state index in [-0.39, 0.29) is 6.54 Å². The molecule has 2 N–H and O–H groups in total. The van der Waals surface area contributed by atoms with Gasteiger partial charge >= 0.3 is 11.8 Å². The van der Waals surface area contributed by atoms with Gasteiger partial charge in [0.15, 0.2) is 0 Å². The van der Waals surface area contributed by atoms with Crippen LogP contribution in [0.5, 0.6) is 5.75 Å². The predicted octanol–water partition coefficient (Wildman–Crippen LogP) is 3.20. The van der Waals surface area contributed by atoms with E-state index >= 15 is 0 Å². The molecule has 2 aromatic rings. The maximum absolute atomic E-state index is 11.8. The monoisotopic (exact) mass is 387 g/mol. The van der Waals surface area contributed by atoms with E-state index in [0.717, 1.165) is 17.5 Å². The molecule has 0 aliphatic carbocycles. The van der Waals surface area contributed by atoms with Crippen molar-refractivity contribution >= 4 is 29.6 Å². The van der Waals surface area contributed by atoms with Crippen molar-refractivity contribution in [1.82, 2.24) is 10.7 Å². The number of benzene rings is 2. The first-order valence-corrected chi connectivity index (χ1v) is 8.96. The van der Waals surface area contributed by atoms with Crippen molar-refractivity contribution < 1.29 is 14.3 Å². The van der Waals surface area contributed by atoms with Gasteiger partial charge in [0.2, 0.25) is 0 Å². The zero-order chi connectivity index (χ0) is 19.6. The van der Waals surface area contributed by atoms with E-state index in [1.807, 2.05) is 38.1 Å². The fourth-order valence-corrected chi connectivity index (χ4v) is 2.32. The fourth-order valence-electron chi connectivity index (χ4n) is 2.14. The van der Waals surface area contributed by atoms with Gasteiger partial charge < -0.3 is 10.1 Å². The molecule has 0 saturated heterocycles. The summed E-state index contributed by atoms with van der Waals surface area (Å²) in [4.78, 5) is 23.7. The highest BCUT2D eigenvalue weighted by Crippen LogP contribution is 2.21. The molecule has 0 saturated carbocycles. The molecule has 6 nitrogen and oxygen atoms in total. The number of carbonyl (C=O) groups excluding carboxylic acids is 2. The third-order valence-corrected chi connectivity index (χ3v) is 3.82. The highest BCUT2D eigenvalue weighted by molar-refractivity contribution is 6.35. The minimum absolute atomic E-state index is 0.263. The van der Waals surface area contributed by atoms with E-state index in [2.05, 4.69) is 15.8 Å². The van der Waals surface area contributed by atoms with Crippen molar-refractivity contribution in [1.29, 1.82) is 0 Å². The van der Waals surface area contributed by atoms with E-state index in [1.54, 1.807) is 18.2 Å². The molecule has 0 aromatic heterocycles. The molecule has 27 heavy (non-hydrogen) atoms. The van der Waals surface area contributed by atoms with Crippen LogP contribution in [0.3, 0.4) is 0 Å². The van der Waals surface area contributed by atoms with E-state index in [1.165, 1.54) is 6.21 Å². The molecule has 0 aliphatic rings. The summed E-state index contributed by atoms with van der Waals surface area (Å²) in [5.41, 5.74) is 4.84. The lowest BCUT2D eigenvalue weighted by molar-refractivity contribution is -0.139. The van der Waals surface area contributed by atoms with Crippen molar-refractivity contribution in [2.45, 2.75) is 26.8 Å². The summed E-state index contributed by atoms with van der Waals surface area (Å²) in [7, 11) is 0. The molecular weight excluding hydrogens is 366 g/mol. The minimum atomic E-state index is -0.851. The summed E-state index contributed by atoms with van der Waals surface area (Å²) in [5, 5.41) is 6.88. The van der Waals surface area contributed by atoms with Crippen LogP contribution < -0.4 is 15.5 Å². The Balaban J connectivity index is 1.89. The van der Waals surface area contributed by atoms with Crippen LogP contribution in [0.1, 0.15) is 30.0 Å². The number of amides is 2. The molecule has 0 spiro atoms. The van der Waals surface area contributed by atoms with Crippen LogP contribution in [-0.2, 0) is 16.1 Å². The Morgan fingerprint density at radius 1 is 1.15 bits per heavy atom. The summed E-state index contributed by atoms with van der Waals surface area (Å²) < 4.78 is 5.60. The van der Waals surface area contributed by atoms with E-state index < -0.39 is 11.8 Å². The van der Waals surface area contributed by atoms with Gasteiger partial charge in [0.05, 0.1) is 12.8 Å². The summed E-state index contributed by atoms with van der Waals surface area (Å²) in [5.74, 6) is -1.01. The first-order chi connectivity index (χ1) is 13.0. The highest BCUT2D eigenvalue weighted by Gasteiger charge is 2.12. The average molecular weight is 388 g/mol. The van der Waals surface area contributed by atoms with Crippen molar-refractivity contribution in [3.63, 3.8) is 0 Å². The summed E-state index contributed by atoms with van der Waals surface area (Å²) in [6.45, 7) is 4.79. The Bertz CT molecular complexity index is 820. The lowest BCUT2D eigenvalue weighted by Crippen LogP contribution is -2.37. The Labute approximate surface area is 163 Å². The fraction of sp³-hybridized carbons (Fsp3) is 0.250. The topological polar surface area (TPSA) is 79.8 Å². The molecule has 7 heteroatoms. The second-order valence-electron chi connectivity index (χ2n) is 5.90. The van der Waals surface area contributed by atoms with Gasteiger partial charge in [-0.25, -0.2) is 5.43 Å². The first kappa shape index (κ1) is 20.5. The highest BCUT2D eigenvalue weighted by atomic mass is 35.5. The van der Waals surface area contributed by atoms with Crippen LogP contribution in [0.2, 0.25) is 5.02 Å². The number of hydrogen-bond donors (Lipinski definition) is 2. The van der Waals surface area contributed by atoms with Crippen LogP contribution in [0.4, 0.5) is 0 Å². The molecule has 0 heterocycles. The molecule has 142 valence electrons. The van der Waals surface area contributed by atoms with Gasteiger partial charge in [-0.15, -0.1) is 0 Å². The predicted molar refractivity (Wildman–Crippen MR) is 106 cm³/mol. The molecule has 0 aliphatic heterocycles. The van der Waals surface area contributed by atoms with Gasteiger partial charge in [-0.05, 0) is 37.1 Å². The third-order valence-electron chi connectivity index (χ3n) is 3.58. The molecule has 2 rings (SSSR count). The summed E-state index contributed by atoms with van der Waals surface area (Å²) in [6.07, 6.45) is 2.25. The maximum Gasteiger partial charge on any atom is 0.329 e. The molecular formula is C20H22ClN3O3. The zero-order valence-corrected chi connectivity index (χ0v) is 16.0. The molecule has 2 amide bonds. The second-order valence-corrected chi connectivity index (χ2v) is 6.33. The Hall–Kier alpha value is -2.86. The van der Waals surface area contributed by atoms with Gasteiger partial charge in [-0.3, -0.25) is 9.59 Å². The van der Waals surface area contributed by atoms with Gasteiger partial charge in [0.25, 0.3) is 0 Å². The van der Waals surface area contributed by atoms with E-state index in [9.17, 15) is 9.59 Å². The second kappa shape index (κ2) is 10.3. The van der Waals surface area contributed by atoms with Crippen molar-refractivity contribution in [2.24, 2.45) is 5.10 Å². The number of ether oxygens (including phenoxy) is 1. The lowest BCUT2D eigenvalue weighted by atomic mass is 10.1. The Kier molecular flexibility index (Phi) is 7.82. The molecule has 0 unspecified atom stereocenters. The number of carbonyl (C=O) groups is 2. The van der Waals surface area contributed by atoms with Crippen LogP contribution in [-0.4, -0.2) is 24.6 Å². The average Bonchev–Trinajstić information content (AvgIpc) is 2.66. The number of rotatable bonds is 7. The minimum Gasteiger partial charge on any atom is -0.493 e. The van der Waals surface area contributed by atoms with Crippen LogP contribution in [0.25, 0.3) is 0 Å². The number of hydrogen-bond acceptors (Lipinski definition) is 4. The van der Waals surface area contributed by atoms with E-state index in [0.29, 0.717) is 22.9 Å². The maximum atomic E-state index is 11.8. The Morgan fingerprint density at radius 3 is 2.59 bits per heavy atom. The summed E-state index contributed by atoms with van der Waals surface area (Å²) in [6, 6.07) is 12.8. The van der Waals surface area contributed by atoms with E-state index in [4.69, 9.17) is 16.3 Å². The third kappa shape index (κ3) is 6.75. The van der Waals surface area contributed by atoms with Crippen molar-refractivity contribution in [2.75, 3.05) is 6.61 Å². The van der Waals surface area contributed by atoms with Crippen LogP contribution >= 0.6 is 11.6 Å². The molecule has 0 radical (unpaired) electrons. The number of nitrogens with one attached hydrogen (secondary N) is 2. The Morgan fingerprint density at radius 2 is 1.89 bits per heavy atom. The summed E-state index contributed by atoms with van der Waals surface area (Å²) >= 11 is 5.98. The van der Waals surface area contributed by atoms with Gasteiger partial charge in [0.1, 0.15) is 5.75 Å². The van der Waals surface area contributed by atoms with Crippen molar-refractivity contribution in [3.8, 4) is 5.75 Å². The van der Waals surface area contributed by atoms with Crippen LogP contribution in [0, 0.1) is 6.92 Å². The number of aryl methyl sites for hydroxylation is 1. The molecule has 2 aromatic carbocycles. The largest absolute Gasteiger partial charge is 0.493 e. The number of nitrogens with zero attached hydrogens (tertiary/aromatic N) is 1. The zero-order valence-electron chi connectivity index (χ0n) is 15.3. The molecule has 0 fully saturated rings. The normalized spacial score (nSPS) is 10.6. The van der Waals surface area contributed by atoms with Crippen LogP contribution in [0.15, 0.2) is 47.6 Å². The quantitative estimate of drug-likeness (QED) is 0.435. The SMILES string of the molecule is CCCOc1ccc(Cl)cc1/C=N\NC(=O)C(=O)NCc1ccc(C)cc1. The van der Waals surface area contributed by atoms with Gasteiger partial charge in [0, 0.05) is 17.1 Å². The number of hydrazone groups is 1. The number of halogens is 1. The molecule has 0 bridgehead atoms. The van der Waals surface area contributed by atoms with Gasteiger partial charge in [-0.2, -0.15) is 5.10 Å². The van der Waals surface area contributed by atoms with Gasteiger partial charge in [-0.1, -0.05) is 48.4 Å².